The first-order valence-electron chi connectivity index (χ1n) is 10.2. The second-order valence-corrected chi connectivity index (χ2v) is 8.80. The lowest BCUT2D eigenvalue weighted by Crippen LogP contribution is -2.54. The summed E-state index contributed by atoms with van der Waals surface area (Å²) in [4.78, 5) is 13.0. The Kier molecular flexibility index (Phi) is 6.09. The van der Waals surface area contributed by atoms with Crippen LogP contribution in [0.3, 0.4) is 0 Å². The summed E-state index contributed by atoms with van der Waals surface area (Å²) in [5.41, 5.74) is -4.31. The highest BCUT2D eigenvalue weighted by atomic mass is 19.4. The van der Waals surface area contributed by atoms with Crippen molar-refractivity contribution in [2.75, 3.05) is 13.7 Å². The van der Waals surface area contributed by atoms with Crippen LogP contribution in [0.5, 0.6) is 0 Å². The van der Waals surface area contributed by atoms with Gasteiger partial charge in [0.2, 0.25) is 0 Å². The van der Waals surface area contributed by atoms with Crippen LogP contribution >= 0.6 is 0 Å². The maximum Gasteiger partial charge on any atom is 0.432 e. The summed E-state index contributed by atoms with van der Waals surface area (Å²) in [5, 5.41) is 0. The van der Waals surface area contributed by atoms with Gasteiger partial charge in [-0.05, 0) is 32.6 Å². The number of benzene rings is 1. The van der Waals surface area contributed by atoms with Gasteiger partial charge in [0.25, 0.3) is 5.60 Å². The molecule has 0 unspecified atom stereocenters. The Morgan fingerprint density at radius 2 is 1.90 bits per heavy atom. The highest BCUT2D eigenvalue weighted by molar-refractivity contribution is 5.82. The quantitative estimate of drug-likeness (QED) is 0.465. The van der Waals surface area contributed by atoms with E-state index in [1.165, 1.54) is 24.3 Å². The van der Waals surface area contributed by atoms with E-state index in [4.69, 9.17) is 14.2 Å². The van der Waals surface area contributed by atoms with E-state index in [2.05, 4.69) is 13.0 Å². The van der Waals surface area contributed by atoms with Gasteiger partial charge in [0.15, 0.2) is 0 Å². The molecule has 2 aliphatic rings. The van der Waals surface area contributed by atoms with Gasteiger partial charge in [-0.15, -0.1) is 0 Å². The predicted molar refractivity (Wildman–Crippen MR) is 106 cm³/mol. The molecule has 1 aliphatic heterocycles. The monoisotopic (exact) mass is 426 g/mol. The largest absolute Gasteiger partial charge is 0.460 e. The Bertz CT molecular complexity index is 773. The van der Waals surface area contributed by atoms with Gasteiger partial charge in [0, 0.05) is 24.5 Å². The van der Waals surface area contributed by atoms with E-state index in [9.17, 15) is 18.0 Å². The van der Waals surface area contributed by atoms with E-state index in [0.717, 1.165) is 13.5 Å². The third kappa shape index (κ3) is 3.66. The van der Waals surface area contributed by atoms with Crippen LogP contribution in [0.1, 0.15) is 45.6 Å². The third-order valence-corrected chi connectivity index (χ3v) is 6.69. The number of fused-ring (bicyclic) bond motifs is 2. The maximum absolute atomic E-state index is 14.1. The number of hydrogen-bond acceptors (Lipinski definition) is 4. The molecule has 1 aromatic rings. The standard InChI is InChI=1S/C23H29F3O4/c1-5-6-12-18-20(2)13-17(14-21(18,3)29-15-20)30-19(27)22(28-4,23(24,25)26)16-10-8-7-9-11-16/h5-11,17-18H,12-15H2,1-4H3/b6-5+/t17-,18-,20-,21-,22+/m0/s1. The Hall–Kier alpha value is -1.86. The second kappa shape index (κ2) is 8.00. The molecule has 1 saturated heterocycles. The van der Waals surface area contributed by atoms with Crippen LogP contribution in [-0.2, 0) is 24.6 Å². The van der Waals surface area contributed by atoms with Gasteiger partial charge in [-0.3, -0.25) is 0 Å². The Labute approximate surface area is 175 Å². The molecule has 4 nitrogen and oxygen atoms in total. The number of esters is 1. The molecule has 2 fully saturated rings. The highest BCUT2D eigenvalue weighted by Crippen LogP contribution is 2.56. The number of halogens is 3. The second-order valence-electron chi connectivity index (χ2n) is 8.80. The summed E-state index contributed by atoms with van der Waals surface area (Å²) >= 11 is 0. The Morgan fingerprint density at radius 3 is 2.43 bits per heavy atom. The zero-order chi connectivity index (χ0) is 22.2. The molecule has 7 heteroatoms. The average Bonchev–Trinajstić information content (AvgIpc) is 2.81. The number of allylic oxidation sites excluding steroid dienone is 2. The first-order valence-corrected chi connectivity index (χ1v) is 10.2. The van der Waals surface area contributed by atoms with Gasteiger partial charge in [0.05, 0.1) is 12.2 Å². The summed E-state index contributed by atoms with van der Waals surface area (Å²) in [5.74, 6) is -1.23. The smallest absolute Gasteiger partial charge is 0.432 e. The van der Waals surface area contributed by atoms with E-state index in [-0.39, 0.29) is 16.9 Å². The van der Waals surface area contributed by atoms with Gasteiger partial charge < -0.3 is 14.2 Å². The number of carbonyl (C=O) groups excluding carboxylic acids is 1. The van der Waals surface area contributed by atoms with E-state index in [0.29, 0.717) is 19.4 Å². The van der Waals surface area contributed by atoms with Crippen LogP contribution in [-0.4, -0.2) is 37.6 Å². The van der Waals surface area contributed by atoms with Crippen molar-refractivity contribution in [1.82, 2.24) is 0 Å². The van der Waals surface area contributed by atoms with Crippen molar-refractivity contribution in [3.05, 3.63) is 48.0 Å². The summed E-state index contributed by atoms with van der Waals surface area (Å²) in [6, 6.07) is 6.90. The molecule has 0 aromatic heterocycles. The van der Waals surface area contributed by atoms with Crippen molar-refractivity contribution in [3.8, 4) is 0 Å². The number of alkyl halides is 3. The summed E-state index contributed by atoms with van der Waals surface area (Å²) in [6.07, 6.45) is 0.0144. The Morgan fingerprint density at radius 1 is 1.23 bits per heavy atom. The highest BCUT2D eigenvalue weighted by Gasteiger charge is 2.65. The molecular formula is C23H29F3O4. The van der Waals surface area contributed by atoms with Crippen molar-refractivity contribution >= 4 is 5.97 Å². The minimum Gasteiger partial charge on any atom is -0.460 e. The number of ether oxygens (including phenoxy) is 3. The first-order chi connectivity index (χ1) is 14.0. The van der Waals surface area contributed by atoms with Crippen molar-refractivity contribution in [1.29, 1.82) is 0 Å². The molecule has 166 valence electrons. The van der Waals surface area contributed by atoms with Crippen molar-refractivity contribution in [3.63, 3.8) is 0 Å². The van der Waals surface area contributed by atoms with Crippen LogP contribution < -0.4 is 0 Å². The van der Waals surface area contributed by atoms with Crippen molar-refractivity contribution in [2.45, 2.75) is 63.5 Å². The zero-order valence-corrected chi connectivity index (χ0v) is 17.8. The Balaban J connectivity index is 1.88. The first kappa shape index (κ1) is 22.8. The molecule has 1 aliphatic carbocycles. The SMILES string of the molecule is C/C=C/C[C@H]1[C@]2(C)CO[C@@]1(C)C[C@@H](OC(=O)[C@](OC)(c1ccccc1)C(F)(F)F)C2. The minimum atomic E-state index is -4.98. The molecule has 0 spiro atoms. The molecule has 1 aromatic carbocycles. The fraction of sp³-hybridized carbons (Fsp3) is 0.609. The molecule has 1 saturated carbocycles. The maximum atomic E-state index is 14.1. The fourth-order valence-electron chi connectivity index (χ4n) is 5.23. The van der Waals surface area contributed by atoms with E-state index in [1.54, 1.807) is 6.07 Å². The number of carbonyl (C=O) groups is 1. The molecule has 1 heterocycles. The van der Waals surface area contributed by atoms with Crippen LogP contribution in [0.4, 0.5) is 13.2 Å². The lowest BCUT2D eigenvalue weighted by atomic mass is 9.61. The summed E-state index contributed by atoms with van der Waals surface area (Å²) < 4.78 is 58.8. The van der Waals surface area contributed by atoms with Gasteiger partial charge in [0.1, 0.15) is 6.10 Å². The molecule has 0 amide bonds. The fourth-order valence-corrected chi connectivity index (χ4v) is 5.23. The van der Waals surface area contributed by atoms with Crippen LogP contribution in [0, 0.1) is 11.3 Å². The average molecular weight is 426 g/mol. The lowest BCUT2D eigenvalue weighted by molar-refractivity contribution is -0.279. The molecule has 30 heavy (non-hydrogen) atoms. The summed E-state index contributed by atoms with van der Waals surface area (Å²) in [6.45, 7) is 6.45. The van der Waals surface area contributed by atoms with Crippen LogP contribution in [0.15, 0.2) is 42.5 Å². The molecule has 0 N–H and O–H groups in total. The molecule has 2 bridgehead atoms. The number of hydrogen-bond donors (Lipinski definition) is 0. The van der Waals surface area contributed by atoms with Gasteiger partial charge in [-0.1, -0.05) is 49.4 Å². The van der Waals surface area contributed by atoms with Gasteiger partial charge in [-0.25, -0.2) is 4.79 Å². The zero-order valence-electron chi connectivity index (χ0n) is 17.8. The normalized spacial score (nSPS) is 33.4. The van der Waals surface area contributed by atoms with Crippen LogP contribution in [0.25, 0.3) is 0 Å². The topological polar surface area (TPSA) is 44.8 Å². The van der Waals surface area contributed by atoms with Crippen molar-refractivity contribution in [2.24, 2.45) is 11.3 Å². The third-order valence-electron chi connectivity index (χ3n) is 6.69. The van der Waals surface area contributed by atoms with Gasteiger partial charge >= 0.3 is 12.1 Å². The molecule has 5 atom stereocenters. The minimum absolute atomic E-state index is 0.208. The summed E-state index contributed by atoms with van der Waals surface area (Å²) in [7, 11) is 0.880. The molecular weight excluding hydrogens is 397 g/mol. The van der Waals surface area contributed by atoms with E-state index in [1.807, 2.05) is 19.9 Å². The van der Waals surface area contributed by atoms with Crippen LogP contribution in [0.2, 0.25) is 0 Å². The van der Waals surface area contributed by atoms with E-state index >= 15 is 0 Å². The van der Waals surface area contributed by atoms with E-state index < -0.39 is 29.5 Å². The van der Waals surface area contributed by atoms with Gasteiger partial charge in [-0.2, -0.15) is 13.2 Å². The number of methoxy groups -OCH3 is 1. The van der Waals surface area contributed by atoms with Crippen molar-refractivity contribution < 1.29 is 32.2 Å². The predicted octanol–water partition coefficient (Wildman–Crippen LogP) is 5.17. The number of rotatable bonds is 6. The molecule has 3 rings (SSSR count). The lowest BCUT2D eigenvalue weighted by Gasteiger charge is -2.45. The molecule has 0 radical (unpaired) electrons.